The van der Waals surface area contributed by atoms with Gasteiger partial charge in [0.1, 0.15) is 0 Å². The molecule has 1 nitrogen and oxygen atoms in total. The number of hydrogen-bond acceptors (Lipinski definition) is 1. The quantitative estimate of drug-likeness (QED) is 0.685. The highest BCUT2D eigenvalue weighted by Gasteiger charge is 2.52. The second-order valence-corrected chi connectivity index (χ2v) is 7.46. The molecule has 2 heteroatoms. The summed E-state index contributed by atoms with van der Waals surface area (Å²) in [6, 6.07) is 6.33. The molecule has 1 unspecified atom stereocenters. The lowest BCUT2D eigenvalue weighted by Crippen LogP contribution is -2.49. The van der Waals surface area contributed by atoms with E-state index in [0.29, 0.717) is 11.7 Å². The maximum atomic E-state index is 10.2. The molecule has 0 bridgehead atoms. The first-order valence-corrected chi connectivity index (χ1v) is 7.93. The zero-order valence-electron chi connectivity index (χ0n) is 12.4. The number of aryl methyl sites for hydroxylation is 1. The standard InChI is InChI=1S/C18H23ClO/c1-12(20)17(2)9-4-10-18(3)15-7-6-14(19)11-13(15)5-8-16(17)18/h6-7,11,16,20H,1,4-5,8-10H2,2-3H3/t16?,17-,18-/m1/s1. The highest BCUT2D eigenvalue weighted by atomic mass is 35.5. The molecule has 0 radical (unpaired) electrons. The SMILES string of the molecule is C=C(O)[C@@]1(C)CCC[C@]2(C)c3ccc(Cl)cc3CCC12. The third-order valence-electron chi connectivity index (χ3n) is 5.97. The minimum atomic E-state index is -0.148. The Morgan fingerprint density at radius 3 is 2.80 bits per heavy atom. The fourth-order valence-electron chi connectivity index (χ4n) is 4.81. The van der Waals surface area contributed by atoms with E-state index in [2.05, 4.69) is 32.6 Å². The Morgan fingerprint density at radius 1 is 1.35 bits per heavy atom. The van der Waals surface area contributed by atoms with Gasteiger partial charge < -0.3 is 5.11 Å². The summed E-state index contributed by atoms with van der Waals surface area (Å²) < 4.78 is 0. The predicted octanol–water partition coefficient (Wildman–Crippen LogP) is 5.42. The van der Waals surface area contributed by atoms with Crippen molar-refractivity contribution in [3.63, 3.8) is 0 Å². The van der Waals surface area contributed by atoms with E-state index in [1.54, 1.807) is 0 Å². The number of benzene rings is 1. The normalized spacial score (nSPS) is 36.0. The fourth-order valence-corrected chi connectivity index (χ4v) is 5.00. The van der Waals surface area contributed by atoms with Crippen molar-refractivity contribution in [1.29, 1.82) is 0 Å². The molecule has 0 saturated heterocycles. The van der Waals surface area contributed by atoms with Gasteiger partial charge in [0.15, 0.2) is 0 Å². The van der Waals surface area contributed by atoms with Crippen LogP contribution in [0.2, 0.25) is 5.02 Å². The van der Waals surface area contributed by atoms with Crippen LogP contribution in [-0.2, 0) is 11.8 Å². The second kappa shape index (κ2) is 4.53. The van der Waals surface area contributed by atoms with E-state index in [9.17, 15) is 5.11 Å². The molecule has 108 valence electrons. The van der Waals surface area contributed by atoms with Crippen LogP contribution in [0.25, 0.3) is 0 Å². The van der Waals surface area contributed by atoms with Gasteiger partial charge in [0.25, 0.3) is 0 Å². The van der Waals surface area contributed by atoms with Gasteiger partial charge in [-0.1, -0.05) is 44.5 Å². The minimum Gasteiger partial charge on any atom is -0.512 e. The first-order chi connectivity index (χ1) is 9.38. The average Bonchev–Trinajstić information content (AvgIpc) is 2.37. The molecule has 1 N–H and O–H groups in total. The molecular formula is C18H23ClO. The van der Waals surface area contributed by atoms with Crippen LogP contribution >= 0.6 is 11.6 Å². The van der Waals surface area contributed by atoms with Gasteiger partial charge >= 0.3 is 0 Å². The number of rotatable bonds is 1. The molecule has 1 aromatic carbocycles. The van der Waals surface area contributed by atoms with Crippen molar-refractivity contribution < 1.29 is 5.11 Å². The fraction of sp³-hybridized carbons (Fsp3) is 0.556. The Bertz CT molecular complexity index is 565. The number of hydrogen-bond donors (Lipinski definition) is 1. The van der Waals surface area contributed by atoms with E-state index in [0.717, 1.165) is 30.7 Å². The van der Waals surface area contributed by atoms with Crippen molar-refractivity contribution in [3.05, 3.63) is 46.7 Å². The third kappa shape index (κ3) is 1.83. The Hall–Kier alpha value is -0.950. The molecule has 0 amide bonds. The van der Waals surface area contributed by atoms with Gasteiger partial charge in [-0.2, -0.15) is 0 Å². The third-order valence-corrected chi connectivity index (χ3v) is 6.21. The molecule has 0 spiro atoms. The molecule has 3 rings (SSSR count). The zero-order chi connectivity index (χ0) is 14.5. The van der Waals surface area contributed by atoms with Crippen molar-refractivity contribution in [2.75, 3.05) is 0 Å². The molecule has 0 aromatic heterocycles. The summed E-state index contributed by atoms with van der Waals surface area (Å²) in [4.78, 5) is 0. The maximum absolute atomic E-state index is 10.2. The maximum Gasteiger partial charge on any atom is 0.0912 e. The summed E-state index contributed by atoms with van der Waals surface area (Å²) in [5.74, 6) is 0.834. The number of fused-ring (bicyclic) bond motifs is 3. The van der Waals surface area contributed by atoms with Crippen LogP contribution in [0.3, 0.4) is 0 Å². The number of halogens is 1. The second-order valence-electron chi connectivity index (χ2n) is 7.03. The summed E-state index contributed by atoms with van der Waals surface area (Å²) in [6.45, 7) is 8.44. The molecule has 2 aliphatic carbocycles. The van der Waals surface area contributed by atoms with Crippen LogP contribution in [0.15, 0.2) is 30.5 Å². The van der Waals surface area contributed by atoms with Crippen molar-refractivity contribution in [3.8, 4) is 0 Å². The summed E-state index contributed by atoms with van der Waals surface area (Å²) in [6.07, 6.45) is 5.55. The largest absolute Gasteiger partial charge is 0.512 e. The van der Waals surface area contributed by atoms with Crippen molar-refractivity contribution in [2.24, 2.45) is 11.3 Å². The number of allylic oxidation sites excluding steroid dienone is 1. The summed E-state index contributed by atoms with van der Waals surface area (Å²) in [5, 5.41) is 11.0. The molecule has 0 heterocycles. The van der Waals surface area contributed by atoms with Crippen LogP contribution in [-0.4, -0.2) is 5.11 Å². The molecule has 3 atom stereocenters. The Labute approximate surface area is 126 Å². The van der Waals surface area contributed by atoms with E-state index in [4.69, 9.17) is 11.6 Å². The lowest BCUT2D eigenvalue weighted by atomic mass is 9.49. The predicted molar refractivity (Wildman–Crippen MR) is 84.3 cm³/mol. The van der Waals surface area contributed by atoms with E-state index < -0.39 is 0 Å². The highest BCUT2D eigenvalue weighted by Crippen LogP contribution is 2.59. The van der Waals surface area contributed by atoms with Crippen molar-refractivity contribution >= 4 is 11.6 Å². The van der Waals surface area contributed by atoms with E-state index in [1.165, 1.54) is 17.5 Å². The van der Waals surface area contributed by atoms with Crippen LogP contribution < -0.4 is 0 Å². The number of aliphatic hydroxyl groups excluding tert-OH is 1. The highest BCUT2D eigenvalue weighted by molar-refractivity contribution is 6.30. The molecular weight excluding hydrogens is 268 g/mol. The molecule has 1 saturated carbocycles. The molecule has 20 heavy (non-hydrogen) atoms. The van der Waals surface area contributed by atoms with Crippen LogP contribution in [0.1, 0.15) is 50.7 Å². The van der Waals surface area contributed by atoms with Crippen LogP contribution in [0.5, 0.6) is 0 Å². The van der Waals surface area contributed by atoms with E-state index in [-0.39, 0.29) is 10.8 Å². The van der Waals surface area contributed by atoms with Gasteiger partial charge in [-0.15, -0.1) is 0 Å². The Kier molecular flexibility index (Phi) is 3.17. The van der Waals surface area contributed by atoms with E-state index in [1.807, 2.05) is 6.07 Å². The van der Waals surface area contributed by atoms with Crippen LogP contribution in [0, 0.1) is 11.3 Å². The van der Waals surface area contributed by atoms with Crippen molar-refractivity contribution in [1.82, 2.24) is 0 Å². The summed E-state index contributed by atoms with van der Waals surface area (Å²) in [7, 11) is 0. The van der Waals surface area contributed by atoms with Gasteiger partial charge in [0.05, 0.1) is 5.76 Å². The summed E-state index contributed by atoms with van der Waals surface area (Å²) in [5.41, 5.74) is 2.82. The van der Waals surface area contributed by atoms with Gasteiger partial charge in [-0.3, -0.25) is 0 Å². The lowest BCUT2D eigenvalue weighted by Gasteiger charge is -2.55. The minimum absolute atomic E-state index is 0.136. The monoisotopic (exact) mass is 290 g/mol. The smallest absolute Gasteiger partial charge is 0.0912 e. The van der Waals surface area contributed by atoms with Gasteiger partial charge in [0, 0.05) is 10.4 Å². The molecule has 1 fully saturated rings. The van der Waals surface area contributed by atoms with Gasteiger partial charge in [0.2, 0.25) is 0 Å². The Morgan fingerprint density at radius 2 is 2.10 bits per heavy atom. The average molecular weight is 291 g/mol. The molecule has 1 aromatic rings. The first kappa shape index (κ1) is 14.0. The lowest BCUT2D eigenvalue weighted by molar-refractivity contribution is 0.0236. The molecule has 2 aliphatic rings. The van der Waals surface area contributed by atoms with Crippen LogP contribution in [0.4, 0.5) is 0 Å². The molecule has 0 aliphatic heterocycles. The van der Waals surface area contributed by atoms with E-state index >= 15 is 0 Å². The summed E-state index contributed by atoms with van der Waals surface area (Å²) >= 11 is 6.15. The Balaban J connectivity index is 2.12. The zero-order valence-corrected chi connectivity index (χ0v) is 13.1. The van der Waals surface area contributed by atoms with Gasteiger partial charge in [-0.25, -0.2) is 0 Å². The van der Waals surface area contributed by atoms with Crippen molar-refractivity contribution in [2.45, 2.75) is 51.4 Å². The van der Waals surface area contributed by atoms with Gasteiger partial charge in [-0.05, 0) is 60.3 Å². The number of aliphatic hydroxyl groups is 1. The topological polar surface area (TPSA) is 20.2 Å². The first-order valence-electron chi connectivity index (χ1n) is 7.55.